The standard InChI is InChI=1S/C13H21N5/c1-9-10-11(17(3)16-9)18(12(14)15-10)13(2)7-5-4-6-8-13/h4-8H2,1-3H3,(H2,14,15). The zero-order valence-corrected chi connectivity index (χ0v) is 11.4. The Bertz CT molecular complexity index is 586. The third kappa shape index (κ3) is 1.46. The molecule has 0 aliphatic heterocycles. The molecule has 2 N–H and O–H groups in total. The number of nitrogens with zero attached hydrogens (tertiary/aromatic N) is 4. The second kappa shape index (κ2) is 3.73. The van der Waals surface area contributed by atoms with Crippen molar-refractivity contribution in [2.24, 2.45) is 7.05 Å². The lowest BCUT2D eigenvalue weighted by Crippen LogP contribution is -2.34. The smallest absolute Gasteiger partial charge is 0.203 e. The van der Waals surface area contributed by atoms with Crippen LogP contribution in [0.25, 0.3) is 11.2 Å². The molecule has 0 unspecified atom stereocenters. The lowest BCUT2D eigenvalue weighted by molar-refractivity contribution is 0.226. The van der Waals surface area contributed by atoms with Crippen molar-refractivity contribution in [3.05, 3.63) is 5.69 Å². The number of nitrogens with two attached hydrogens (primary N) is 1. The summed E-state index contributed by atoms with van der Waals surface area (Å²) in [5.41, 5.74) is 9.22. The van der Waals surface area contributed by atoms with Crippen molar-refractivity contribution < 1.29 is 0 Å². The molecule has 2 aromatic rings. The first-order valence-electron chi connectivity index (χ1n) is 6.71. The van der Waals surface area contributed by atoms with E-state index >= 15 is 0 Å². The highest BCUT2D eigenvalue weighted by molar-refractivity contribution is 5.77. The van der Waals surface area contributed by atoms with Crippen LogP contribution in [0.1, 0.15) is 44.7 Å². The number of hydrogen-bond acceptors (Lipinski definition) is 3. The van der Waals surface area contributed by atoms with Gasteiger partial charge in [0.05, 0.1) is 5.69 Å². The molecule has 0 amide bonds. The van der Waals surface area contributed by atoms with Crippen LogP contribution in [0.4, 0.5) is 5.95 Å². The van der Waals surface area contributed by atoms with Gasteiger partial charge in [-0.3, -0.25) is 9.25 Å². The summed E-state index contributed by atoms with van der Waals surface area (Å²) in [5, 5.41) is 4.46. The van der Waals surface area contributed by atoms with Gasteiger partial charge in [-0.15, -0.1) is 0 Å². The quantitative estimate of drug-likeness (QED) is 0.841. The molecule has 0 atom stereocenters. The molecule has 0 spiro atoms. The number of fused-ring (bicyclic) bond motifs is 1. The number of imidazole rings is 1. The van der Waals surface area contributed by atoms with Crippen LogP contribution in [0.3, 0.4) is 0 Å². The number of anilines is 1. The topological polar surface area (TPSA) is 61.7 Å². The first-order chi connectivity index (χ1) is 8.53. The third-order valence-electron chi connectivity index (χ3n) is 4.30. The van der Waals surface area contributed by atoms with E-state index in [2.05, 4.69) is 21.6 Å². The minimum atomic E-state index is 0.0946. The molecule has 18 heavy (non-hydrogen) atoms. The predicted molar refractivity (Wildman–Crippen MR) is 72.4 cm³/mol. The van der Waals surface area contributed by atoms with E-state index in [1.807, 2.05) is 18.7 Å². The SMILES string of the molecule is Cc1nn(C)c2c1nc(N)n2C1(C)CCCCC1. The lowest BCUT2D eigenvalue weighted by atomic mass is 9.83. The minimum absolute atomic E-state index is 0.0946. The van der Waals surface area contributed by atoms with E-state index in [0.717, 1.165) is 16.9 Å². The number of hydrogen-bond donors (Lipinski definition) is 1. The molecule has 1 aliphatic rings. The fourth-order valence-electron chi connectivity index (χ4n) is 3.36. The summed E-state index contributed by atoms with van der Waals surface area (Å²) in [6.07, 6.45) is 6.22. The first-order valence-corrected chi connectivity index (χ1v) is 6.71. The molecule has 2 aromatic heterocycles. The Balaban J connectivity index is 2.24. The van der Waals surface area contributed by atoms with E-state index in [9.17, 15) is 0 Å². The molecule has 5 nitrogen and oxygen atoms in total. The second-order valence-electron chi connectivity index (χ2n) is 5.74. The molecule has 0 bridgehead atoms. The fraction of sp³-hybridized carbons (Fsp3) is 0.692. The molecule has 2 heterocycles. The van der Waals surface area contributed by atoms with Gasteiger partial charge in [0.1, 0.15) is 5.52 Å². The van der Waals surface area contributed by atoms with Gasteiger partial charge in [-0.2, -0.15) is 5.10 Å². The number of aryl methyl sites for hydroxylation is 2. The van der Waals surface area contributed by atoms with Gasteiger partial charge in [-0.1, -0.05) is 19.3 Å². The highest BCUT2D eigenvalue weighted by Gasteiger charge is 2.33. The van der Waals surface area contributed by atoms with E-state index in [4.69, 9.17) is 5.73 Å². The van der Waals surface area contributed by atoms with Crippen LogP contribution in [-0.4, -0.2) is 19.3 Å². The van der Waals surface area contributed by atoms with Crippen LogP contribution < -0.4 is 5.73 Å². The molecule has 0 saturated heterocycles. The largest absolute Gasteiger partial charge is 0.369 e. The van der Waals surface area contributed by atoms with Crippen molar-refractivity contribution in [1.82, 2.24) is 19.3 Å². The van der Waals surface area contributed by atoms with Crippen molar-refractivity contribution in [2.75, 3.05) is 5.73 Å². The number of rotatable bonds is 1. The van der Waals surface area contributed by atoms with Gasteiger partial charge in [0, 0.05) is 12.6 Å². The Morgan fingerprint density at radius 1 is 1.22 bits per heavy atom. The summed E-state index contributed by atoms with van der Waals surface area (Å²) >= 11 is 0. The van der Waals surface area contributed by atoms with Crippen LogP contribution in [0, 0.1) is 6.92 Å². The minimum Gasteiger partial charge on any atom is -0.369 e. The highest BCUT2D eigenvalue weighted by Crippen LogP contribution is 2.38. The Labute approximate surface area is 107 Å². The fourth-order valence-corrected chi connectivity index (χ4v) is 3.36. The van der Waals surface area contributed by atoms with Crippen LogP contribution in [0.15, 0.2) is 0 Å². The lowest BCUT2D eigenvalue weighted by Gasteiger charge is -2.36. The zero-order chi connectivity index (χ0) is 12.9. The molecule has 3 rings (SSSR count). The summed E-state index contributed by atoms with van der Waals surface area (Å²) < 4.78 is 4.12. The molecule has 1 saturated carbocycles. The number of aromatic nitrogens is 4. The number of nitrogen functional groups attached to an aromatic ring is 1. The Morgan fingerprint density at radius 2 is 1.89 bits per heavy atom. The van der Waals surface area contributed by atoms with E-state index < -0.39 is 0 Å². The summed E-state index contributed by atoms with van der Waals surface area (Å²) in [7, 11) is 1.97. The molecule has 1 aliphatic carbocycles. The molecule has 0 aromatic carbocycles. The third-order valence-corrected chi connectivity index (χ3v) is 4.30. The van der Waals surface area contributed by atoms with Crippen LogP contribution in [0.5, 0.6) is 0 Å². The van der Waals surface area contributed by atoms with Gasteiger partial charge in [-0.05, 0) is 26.7 Å². The molecular weight excluding hydrogens is 226 g/mol. The van der Waals surface area contributed by atoms with Crippen LogP contribution in [0.2, 0.25) is 0 Å². The molecular formula is C13H21N5. The highest BCUT2D eigenvalue weighted by atomic mass is 15.4. The molecule has 98 valence electrons. The van der Waals surface area contributed by atoms with Crippen LogP contribution in [-0.2, 0) is 12.6 Å². The maximum absolute atomic E-state index is 6.16. The van der Waals surface area contributed by atoms with E-state index in [1.54, 1.807) is 0 Å². The molecule has 5 heteroatoms. The van der Waals surface area contributed by atoms with Crippen molar-refractivity contribution >= 4 is 17.1 Å². The summed E-state index contributed by atoms with van der Waals surface area (Å²) in [6.45, 7) is 4.29. The van der Waals surface area contributed by atoms with Crippen molar-refractivity contribution in [2.45, 2.75) is 51.5 Å². The average Bonchev–Trinajstić information content (AvgIpc) is 2.79. The Kier molecular flexibility index (Phi) is 2.40. The monoisotopic (exact) mass is 247 g/mol. The van der Waals surface area contributed by atoms with Crippen LogP contribution >= 0.6 is 0 Å². The van der Waals surface area contributed by atoms with Crippen molar-refractivity contribution in [1.29, 1.82) is 0 Å². The normalized spacial score (nSPS) is 19.5. The van der Waals surface area contributed by atoms with Gasteiger partial charge < -0.3 is 5.73 Å². The molecule has 0 radical (unpaired) electrons. The Hall–Kier alpha value is -1.52. The molecule has 1 fully saturated rings. The van der Waals surface area contributed by atoms with E-state index in [0.29, 0.717) is 5.95 Å². The van der Waals surface area contributed by atoms with Gasteiger partial charge >= 0.3 is 0 Å². The Morgan fingerprint density at radius 3 is 2.56 bits per heavy atom. The summed E-state index contributed by atoms with van der Waals surface area (Å²) in [5.74, 6) is 0.630. The first kappa shape index (κ1) is 11.6. The van der Waals surface area contributed by atoms with Crippen molar-refractivity contribution in [3.63, 3.8) is 0 Å². The summed E-state index contributed by atoms with van der Waals surface area (Å²) in [4.78, 5) is 4.51. The van der Waals surface area contributed by atoms with Gasteiger partial charge in [0.25, 0.3) is 0 Å². The average molecular weight is 247 g/mol. The van der Waals surface area contributed by atoms with Gasteiger partial charge in [0.2, 0.25) is 5.95 Å². The van der Waals surface area contributed by atoms with E-state index in [1.165, 1.54) is 32.1 Å². The van der Waals surface area contributed by atoms with Crippen molar-refractivity contribution in [3.8, 4) is 0 Å². The predicted octanol–water partition coefficient (Wildman–Crippen LogP) is 2.34. The van der Waals surface area contributed by atoms with Gasteiger partial charge in [0.15, 0.2) is 5.65 Å². The maximum Gasteiger partial charge on any atom is 0.203 e. The summed E-state index contributed by atoms with van der Waals surface area (Å²) in [6, 6.07) is 0. The van der Waals surface area contributed by atoms with Gasteiger partial charge in [-0.25, -0.2) is 4.98 Å². The second-order valence-corrected chi connectivity index (χ2v) is 5.74. The zero-order valence-electron chi connectivity index (χ0n) is 11.4. The maximum atomic E-state index is 6.16. The van der Waals surface area contributed by atoms with E-state index in [-0.39, 0.29) is 5.54 Å².